The van der Waals surface area contributed by atoms with Crippen molar-refractivity contribution < 1.29 is 14.3 Å². The van der Waals surface area contributed by atoms with E-state index in [1.165, 1.54) is 11.8 Å². The average Bonchev–Trinajstić information content (AvgIpc) is 2.91. The number of aryl methyl sites for hydroxylation is 1. The summed E-state index contributed by atoms with van der Waals surface area (Å²) in [5.74, 6) is 0.198. The second-order valence-electron chi connectivity index (χ2n) is 6.95. The van der Waals surface area contributed by atoms with Gasteiger partial charge in [0.25, 0.3) is 0 Å². The molecule has 2 unspecified atom stereocenters. The van der Waals surface area contributed by atoms with Crippen LogP contribution in [0.1, 0.15) is 36.6 Å². The Bertz CT molecular complexity index is 962. The number of anilines is 1. The number of benzene rings is 1. The van der Waals surface area contributed by atoms with Crippen molar-refractivity contribution in [3.8, 4) is 5.75 Å². The van der Waals surface area contributed by atoms with Gasteiger partial charge >= 0.3 is 6.03 Å². The zero-order valence-corrected chi connectivity index (χ0v) is 16.0. The Morgan fingerprint density at radius 3 is 2.81 bits per heavy atom. The quantitative estimate of drug-likeness (QED) is 0.751. The summed E-state index contributed by atoms with van der Waals surface area (Å²) in [4.78, 5) is 29.4. The summed E-state index contributed by atoms with van der Waals surface area (Å²) in [6.07, 6.45) is 1.66. The molecule has 27 heavy (non-hydrogen) atoms. The van der Waals surface area contributed by atoms with Gasteiger partial charge in [0.15, 0.2) is 0 Å². The van der Waals surface area contributed by atoms with E-state index in [0.29, 0.717) is 10.7 Å². The zero-order valence-electron chi connectivity index (χ0n) is 15.2. The van der Waals surface area contributed by atoms with Gasteiger partial charge in [-0.1, -0.05) is 17.8 Å². The Morgan fingerprint density at radius 2 is 2.15 bits per heavy atom. The zero-order chi connectivity index (χ0) is 19.3. The molecule has 140 valence electrons. The number of nitrogens with two attached hydrogens (primary N) is 1. The van der Waals surface area contributed by atoms with E-state index in [1.54, 1.807) is 12.3 Å². The van der Waals surface area contributed by atoms with Crippen molar-refractivity contribution in [2.24, 2.45) is 5.73 Å². The third kappa shape index (κ3) is 2.63. The van der Waals surface area contributed by atoms with Gasteiger partial charge in [-0.15, -0.1) is 0 Å². The van der Waals surface area contributed by atoms with Gasteiger partial charge in [0.2, 0.25) is 5.91 Å². The first-order chi connectivity index (χ1) is 12.8. The minimum absolute atomic E-state index is 0.0425. The van der Waals surface area contributed by atoms with Crippen molar-refractivity contribution >= 4 is 29.4 Å². The molecule has 0 radical (unpaired) electrons. The number of amides is 3. The van der Waals surface area contributed by atoms with Crippen LogP contribution in [0, 0.1) is 6.92 Å². The molecule has 0 bridgehead atoms. The molecule has 2 aliphatic heterocycles. The molecule has 0 fully saturated rings. The molecule has 8 heteroatoms. The number of hydrogen-bond donors (Lipinski definition) is 3. The predicted octanol–water partition coefficient (Wildman–Crippen LogP) is 2.84. The van der Waals surface area contributed by atoms with Crippen LogP contribution in [0.4, 0.5) is 10.5 Å². The molecule has 0 saturated heterocycles. The van der Waals surface area contributed by atoms with E-state index >= 15 is 0 Å². The summed E-state index contributed by atoms with van der Waals surface area (Å²) in [6.45, 7) is 5.82. The Hall–Kier alpha value is -2.74. The summed E-state index contributed by atoms with van der Waals surface area (Å²) >= 11 is 1.29. The van der Waals surface area contributed by atoms with Gasteiger partial charge in [-0.25, -0.2) is 9.78 Å². The summed E-state index contributed by atoms with van der Waals surface area (Å²) in [6, 6.07) is 6.34. The second kappa shape index (κ2) is 6.16. The lowest BCUT2D eigenvalue weighted by atomic mass is 9.83. The van der Waals surface area contributed by atoms with Crippen LogP contribution in [0.5, 0.6) is 5.75 Å². The van der Waals surface area contributed by atoms with E-state index in [1.807, 2.05) is 39.0 Å². The normalized spacial score (nSPS) is 22.8. The largest absolute Gasteiger partial charge is 0.491 e. The number of hydrogen-bond acceptors (Lipinski definition) is 5. The second-order valence-corrected chi connectivity index (χ2v) is 8.19. The smallest absolute Gasteiger partial charge is 0.319 e. The predicted molar refractivity (Wildman–Crippen MR) is 103 cm³/mol. The van der Waals surface area contributed by atoms with Gasteiger partial charge in [0.05, 0.1) is 17.8 Å². The first-order valence-electron chi connectivity index (χ1n) is 8.66. The van der Waals surface area contributed by atoms with Gasteiger partial charge in [-0.3, -0.25) is 4.79 Å². The lowest BCUT2D eigenvalue weighted by Gasteiger charge is -2.36. The fourth-order valence-corrected chi connectivity index (χ4v) is 5.23. The van der Waals surface area contributed by atoms with Crippen LogP contribution in [0.3, 0.4) is 0 Å². The van der Waals surface area contributed by atoms with Crippen molar-refractivity contribution in [2.75, 3.05) is 5.32 Å². The first kappa shape index (κ1) is 17.7. The molecule has 0 spiro atoms. The molecular formula is C19H20N4O3S. The van der Waals surface area contributed by atoms with Crippen LogP contribution in [0.25, 0.3) is 0 Å². The van der Waals surface area contributed by atoms with E-state index in [2.05, 4.69) is 15.6 Å². The molecule has 4 rings (SSSR count). The molecule has 7 nitrogen and oxygen atoms in total. The van der Waals surface area contributed by atoms with Crippen molar-refractivity contribution in [2.45, 2.75) is 42.7 Å². The molecule has 1 aromatic carbocycles. The highest BCUT2D eigenvalue weighted by Crippen LogP contribution is 2.60. The average molecular weight is 384 g/mol. The molecule has 3 heterocycles. The minimum Gasteiger partial charge on any atom is -0.491 e. The molecule has 1 aromatic heterocycles. The van der Waals surface area contributed by atoms with Gasteiger partial charge in [-0.2, -0.15) is 0 Å². The number of primary amides is 1. The number of thioether (sulfide) groups is 1. The lowest BCUT2D eigenvalue weighted by molar-refractivity contribution is -0.121. The maximum atomic E-state index is 12.8. The van der Waals surface area contributed by atoms with Crippen LogP contribution in [0.15, 0.2) is 35.5 Å². The summed E-state index contributed by atoms with van der Waals surface area (Å²) in [5, 5.41) is 6.33. The van der Waals surface area contributed by atoms with Crippen LogP contribution in [-0.2, 0) is 9.54 Å². The van der Waals surface area contributed by atoms with Crippen molar-refractivity contribution in [3.63, 3.8) is 0 Å². The van der Waals surface area contributed by atoms with Crippen LogP contribution in [0.2, 0.25) is 0 Å². The molecule has 0 saturated carbocycles. The third-order valence-electron chi connectivity index (χ3n) is 4.77. The number of carbonyl (C=O) groups excluding carboxylic acids is 2. The monoisotopic (exact) mass is 384 g/mol. The van der Waals surface area contributed by atoms with E-state index in [4.69, 9.17) is 10.5 Å². The maximum absolute atomic E-state index is 12.8. The maximum Gasteiger partial charge on any atom is 0.319 e. The highest BCUT2D eigenvalue weighted by Gasteiger charge is 2.57. The number of nitrogens with zero attached hydrogens (tertiary/aromatic N) is 1. The number of urea groups is 1. The van der Waals surface area contributed by atoms with Crippen LogP contribution in [-0.4, -0.2) is 23.0 Å². The first-order valence-corrected chi connectivity index (χ1v) is 9.47. The van der Waals surface area contributed by atoms with Crippen molar-refractivity contribution in [1.82, 2.24) is 10.3 Å². The topological polar surface area (TPSA) is 106 Å². The minimum atomic E-state index is -1.18. The van der Waals surface area contributed by atoms with Crippen LogP contribution < -0.4 is 21.1 Å². The number of ether oxygens (including phenoxy) is 1. The number of rotatable bonds is 4. The Kier molecular flexibility index (Phi) is 4.03. The number of pyridine rings is 1. The SMILES string of the molecule is Cc1cc(OC(C)C)ccc1C1(C(N)=O)Sc2nccc3c2C1NC(=O)N3. The molecule has 2 aliphatic rings. The van der Waals surface area contributed by atoms with Gasteiger partial charge in [0, 0.05) is 11.8 Å². The van der Waals surface area contributed by atoms with Crippen LogP contribution >= 0.6 is 11.8 Å². The molecule has 3 amide bonds. The fraction of sp³-hybridized carbons (Fsp3) is 0.316. The number of aromatic nitrogens is 1. The highest BCUT2D eigenvalue weighted by atomic mass is 32.2. The summed E-state index contributed by atoms with van der Waals surface area (Å²) in [5.41, 5.74) is 8.98. The molecular weight excluding hydrogens is 364 g/mol. The summed E-state index contributed by atoms with van der Waals surface area (Å²) in [7, 11) is 0. The molecule has 0 aliphatic carbocycles. The van der Waals surface area contributed by atoms with E-state index < -0.39 is 16.7 Å². The van der Waals surface area contributed by atoms with Crippen molar-refractivity contribution in [1.29, 1.82) is 0 Å². The Balaban J connectivity index is 1.88. The van der Waals surface area contributed by atoms with Crippen molar-refractivity contribution in [3.05, 3.63) is 47.2 Å². The van der Waals surface area contributed by atoms with E-state index in [0.717, 1.165) is 22.4 Å². The Morgan fingerprint density at radius 1 is 1.37 bits per heavy atom. The van der Waals surface area contributed by atoms with E-state index in [-0.39, 0.29) is 12.1 Å². The fourth-order valence-electron chi connectivity index (χ4n) is 3.74. The number of nitrogens with one attached hydrogen (secondary N) is 2. The molecule has 4 N–H and O–H groups in total. The summed E-state index contributed by atoms with van der Waals surface area (Å²) < 4.78 is 4.58. The third-order valence-corrected chi connectivity index (χ3v) is 6.26. The lowest BCUT2D eigenvalue weighted by Crippen LogP contribution is -2.50. The molecule has 2 atom stereocenters. The number of carbonyl (C=O) groups is 2. The Labute approximate surface area is 161 Å². The van der Waals surface area contributed by atoms with Gasteiger partial charge in [-0.05, 0) is 50.1 Å². The van der Waals surface area contributed by atoms with E-state index in [9.17, 15) is 9.59 Å². The van der Waals surface area contributed by atoms with Gasteiger partial charge < -0.3 is 21.1 Å². The standard InChI is InChI=1S/C19H20N4O3S/c1-9(2)26-11-4-5-12(10(3)8-11)19(17(20)24)15-14-13(22-18(25)23-15)6-7-21-16(14)27-19/h4-9,15H,1-3H3,(H2,20,24)(H2,22,23,25). The molecule has 2 aromatic rings. The van der Waals surface area contributed by atoms with Gasteiger partial charge in [0.1, 0.15) is 15.5 Å². The highest BCUT2D eigenvalue weighted by molar-refractivity contribution is 8.01.